The van der Waals surface area contributed by atoms with Crippen molar-refractivity contribution in [2.45, 2.75) is 32.1 Å². The van der Waals surface area contributed by atoms with E-state index >= 15 is 0 Å². The van der Waals surface area contributed by atoms with E-state index < -0.39 is 11.8 Å². The van der Waals surface area contributed by atoms with Gasteiger partial charge in [0.2, 0.25) is 0 Å². The Bertz CT molecular complexity index is 543. The maximum atomic E-state index is 13.2. The first-order valence-electron chi connectivity index (χ1n) is 6.10. The molecule has 0 saturated heterocycles. The molecule has 1 aliphatic rings. The number of nitrogens with one attached hydrogen (secondary N) is 1. The zero-order valence-electron chi connectivity index (χ0n) is 10.1. The van der Waals surface area contributed by atoms with Gasteiger partial charge in [0.25, 0.3) is 5.89 Å². The lowest BCUT2D eigenvalue weighted by Crippen LogP contribution is -2.06. The predicted molar refractivity (Wildman–Crippen MR) is 65.0 cm³/mol. The van der Waals surface area contributed by atoms with Crippen molar-refractivity contribution >= 4 is 16.8 Å². The standard InChI is InChI=1S/C13H14F2N2O/c1-13(14,15)12-17-10-6-8-4-2-3-5-16-9(8)7-11(10)18-12/h6-7,16H,2-5H2,1H3. The summed E-state index contributed by atoms with van der Waals surface area (Å²) in [4.78, 5) is 3.88. The summed E-state index contributed by atoms with van der Waals surface area (Å²) in [7, 11) is 0. The molecule has 1 N–H and O–H groups in total. The highest BCUT2D eigenvalue weighted by molar-refractivity contribution is 5.79. The summed E-state index contributed by atoms with van der Waals surface area (Å²) in [6.45, 7) is 1.70. The summed E-state index contributed by atoms with van der Waals surface area (Å²) < 4.78 is 31.5. The molecule has 3 nitrogen and oxygen atoms in total. The molecule has 0 fully saturated rings. The molecule has 0 saturated carbocycles. The van der Waals surface area contributed by atoms with Crippen LogP contribution in [0, 0.1) is 0 Å². The number of nitrogens with zero attached hydrogens (tertiary/aromatic N) is 1. The molecule has 96 valence electrons. The fourth-order valence-corrected chi connectivity index (χ4v) is 2.24. The smallest absolute Gasteiger partial charge is 0.319 e. The zero-order chi connectivity index (χ0) is 12.8. The maximum Gasteiger partial charge on any atom is 0.319 e. The van der Waals surface area contributed by atoms with E-state index in [-0.39, 0.29) is 0 Å². The predicted octanol–water partition coefficient (Wildman–Crippen LogP) is 3.69. The molecule has 0 aliphatic carbocycles. The molecule has 1 aromatic heterocycles. The molecular formula is C13H14F2N2O. The summed E-state index contributed by atoms with van der Waals surface area (Å²) >= 11 is 0. The van der Waals surface area contributed by atoms with Gasteiger partial charge in [-0.05, 0) is 30.9 Å². The molecule has 1 aliphatic heterocycles. The number of alkyl halides is 2. The van der Waals surface area contributed by atoms with Crippen molar-refractivity contribution in [3.05, 3.63) is 23.6 Å². The largest absolute Gasteiger partial charge is 0.435 e. The number of rotatable bonds is 1. The number of benzene rings is 1. The number of fused-ring (bicyclic) bond motifs is 2. The monoisotopic (exact) mass is 252 g/mol. The Morgan fingerprint density at radius 2 is 2.17 bits per heavy atom. The Hall–Kier alpha value is -1.65. The van der Waals surface area contributed by atoms with Crippen molar-refractivity contribution in [2.24, 2.45) is 0 Å². The fraction of sp³-hybridized carbons (Fsp3) is 0.462. The quantitative estimate of drug-likeness (QED) is 0.841. The molecule has 0 amide bonds. The van der Waals surface area contributed by atoms with E-state index in [0.717, 1.165) is 44.0 Å². The van der Waals surface area contributed by atoms with Gasteiger partial charge < -0.3 is 9.73 Å². The van der Waals surface area contributed by atoms with Crippen LogP contribution in [0.4, 0.5) is 14.5 Å². The van der Waals surface area contributed by atoms with Crippen molar-refractivity contribution in [1.82, 2.24) is 4.98 Å². The Morgan fingerprint density at radius 3 is 2.94 bits per heavy atom. The topological polar surface area (TPSA) is 38.1 Å². The second kappa shape index (κ2) is 3.93. The van der Waals surface area contributed by atoms with Gasteiger partial charge in [-0.2, -0.15) is 8.78 Å². The van der Waals surface area contributed by atoms with Crippen LogP contribution in [0.5, 0.6) is 0 Å². The van der Waals surface area contributed by atoms with Crippen LogP contribution in [0.2, 0.25) is 0 Å². The highest BCUT2D eigenvalue weighted by atomic mass is 19.3. The van der Waals surface area contributed by atoms with Gasteiger partial charge >= 0.3 is 5.92 Å². The summed E-state index contributed by atoms with van der Waals surface area (Å²) in [5.41, 5.74) is 3.02. The van der Waals surface area contributed by atoms with Gasteiger partial charge in [-0.25, -0.2) is 4.98 Å². The van der Waals surface area contributed by atoms with Crippen molar-refractivity contribution in [2.75, 3.05) is 11.9 Å². The second-order valence-electron chi connectivity index (χ2n) is 4.77. The number of aromatic nitrogens is 1. The first-order valence-corrected chi connectivity index (χ1v) is 6.10. The summed E-state index contributed by atoms with van der Waals surface area (Å²) in [5.74, 6) is -3.55. The van der Waals surface area contributed by atoms with Gasteiger partial charge in [-0.15, -0.1) is 0 Å². The lowest BCUT2D eigenvalue weighted by molar-refractivity contribution is -0.00937. The molecule has 2 aromatic rings. The molecule has 0 bridgehead atoms. The van der Waals surface area contributed by atoms with E-state index in [9.17, 15) is 8.78 Å². The Morgan fingerprint density at radius 1 is 1.33 bits per heavy atom. The highest BCUT2D eigenvalue weighted by Crippen LogP contribution is 2.32. The normalized spacial score (nSPS) is 16.2. The Kier molecular flexibility index (Phi) is 2.50. The van der Waals surface area contributed by atoms with Crippen LogP contribution in [-0.2, 0) is 12.3 Å². The molecule has 2 heterocycles. The average Bonchev–Trinajstić information content (AvgIpc) is 2.57. The molecule has 5 heteroatoms. The lowest BCUT2D eigenvalue weighted by Gasteiger charge is -2.05. The van der Waals surface area contributed by atoms with Crippen LogP contribution in [0.25, 0.3) is 11.1 Å². The molecule has 0 radical (unpaired) electrons. The van der Waals surface area contributed by atoms with E-state index in [4.69, 9.17) is 4.42 Å². The van der Waals surface area contributed by atoms with Crippen LogP contribution < -0.4 is 5.32 Å². The second-order valence-corrected chi connectivity index (χ2v) is 4.77. The molecule has 0 unspecified atom stereocenters. The number of anilines is 1. The van der Waals surface area contributed by atoms with Gasteiger partial charge in [0.1, 0.15) is 5.52 Å². The van der Waals surface area contributed by atoms with E-state index in [2.05, 4.69) is 10.3 Å². The van der Waals surface area contributed by atoms with E-state index in [0.29, 0.717) is 11.1 Å². The summed E-state index contributed by atoms with van der Waals surface area (Å²) in [6.07, 6.45) is 3.16. The molecule has 18 heavy (non-hydrogen) atoms. The summed E-state index contributed by atoms with van der Waals surface area (Å²) in [6, 6.07) is 3.62. The fourth-order valence-electron chi connectivity index (χ4n) is 2.24. The van der Waals surface area contributed by atoms with Crippen molar-refractivity contribution < 1.29 is 13.2 Å². The van der Waals surface area contributed by atoms with Crippen LogP contribution in [0.3, 0.4) is 0 Å². The SMILES string of the molecule is CC(F)(F)c1nc2cc3c(cc2o1)NCCCC3. The van der Waals surface area contributed by atoms with E-state index in [1.165, 1.54) is 0 Å². The number of halogens is 2. The van der Waals surface area contributed by atoms with Gasteiger partial charge in [-0.3, -0.25) is 0 Å². The first kappa shape index (κ1) is 11.4. The molecule has 1 aromatic carbocycles. The number of aryl methyl sites for hydroxylation is 1. The van der Waals surface area contributed by atoms with Gasteiger partial charge in [0.05, 0.1) is 0 Å². The minimum atomic E-state index is -3.04. The van der Waals surface area contributed by atoms with Crippen LogP contribution >= 0.6 is 0 Å². The molecule has 0 spiro atoms. The molecule has 3 rings (SSSR count). The van der Waals surface area contributed by atoms with Crippen LogP contribution in [0.1, 0.15) is 31.2 Å². The van der Waals surface area contributed by atoms with Crippen molar-refractivity contribution in [1.29, 1.82) is 0 Å². The van der Waals surface area contributed by atoms with Gasteiger partial charge in [0, 0.05) is 25.2 Å². The van der Waals surface area contributed by atoms with Gasteiger partial charge in [-0.1, -0.05) is 0 Å². The Balaban J connectivity index is 2.12. The summed E-state index contributed by atoms with van der Waals surface area (Å²) in [5, 5.41) is 3.29. The van der Waals surface area contributed by atoms with Crippen molar-refractivity contribution in [3.8, 4) is 0 Å². The third-order valence-electron chi connectivity index (χ3n) is 3.18. The van der Waals surface area contributed by atoms with Gasteiger partial charge in [0.15, 0.2) is 5.58 Å². The van der Waals surface area contributed by atoms with E-state index in [1.807, 2.05) is 6.07 Å². The highest BCUT2D eigenvalue weighted by Gasteiger charge is 2.31. The molecule has 0 atom stereocenters. The van der Waals surface area contributed by atoms with Crippen LogP contribution in [0.15, 0.2) is 16.5 Å². The third-order valence-corrected chi connectivity index (χ3v) is 3.18. The van der Waals surface area contributed by atoms with Crippen molar-refractivity contribution in [3.63, 3.8) is 0 Å². The average molecular weight is 252 g/mol. The number of oxazole rings is 1. The molecular weight excluding hydrogens is 238 g/mol. The third kappa shape index (κ3) is 1.94. The number of hydrogen-bond acceptors (Lipinski definition) is 3. The van der Waals surface area contributed by atoms with E-state index in [1.54, 1.807) is 6.07 Å². The minimum absolute atomic E-state index is 0.416. The Labute approximate surface area is 103 Å². The number of hydrogen-bond donors (Lipinski definition) is 1. The van der Waals surface area contributed by atoms with Crippen LogP contribution in [-0.4, -0.2) is 11.5 Å². The maximum absolute atomic E-state index is 13.2. The zero-order valence-corrected chi connectivity index (χ0v) is 10.1. The lowest BCUT2D eigenvalue weighted by atomic mass is 10.1. The first-order chi connectivity index (χ1) is 8.54. The minimum Gasteiger partial charge on any atom is -0.435 e.